The van der Waals surface area contributed by atoms with Crippen molar-refractivity contribution in [3.05, 3.63) is 23.8 Å². The maximum absolute atomic E-state index is 12.7. The van der Waals surface area contributed by atoms with Crippen LogP contribution < -0.4 is 10.2 Å². The molecular formula is C19H26N2O2S. The quantitative estimate of drug-likeness (QED) is 0.908. The fraction of sp³-hybridized carbons (Fsp3) is 0.579. The first kappa shape index (κ1) is 17.3. The molecule has 0 bridgehead atoms. The molecule has 1 N–H and O–H groups in total. The van der Waals surface area contributed by atoms with Gasteiger partial charge in [0.15, 0.2) is 0 Å². The SMILES string of the molecule is CCN1C(=O)CSc2ccc(C(=O)N[C@@H]3CCC[C@@H](C)[C@H]3C)cc21. The molecule has 1 aromatic rings. The van der Waals surface area contributed by atoms with Crippen molar-refractivity contribution < 1.29 is 9.59 Å². The summed E-state index contributed by atoms with van der Waals surface area (Å²) in [6, 6.07) is 5.96. The first-order valence-electron chi connectivity index (χ1n) is 8.89. The number of hydrogen-bond donors (Lipinski definition) is 1. The van der Waals surface area contributed by atoms with Gasteiger partial charge in [-0.2, -0.15) is 0 Å². The van der Waals surface area contributed by atoms with Crippen LogP contribution in [0.3, 0.4) is 0 Å². The number of nitrogens with zero attached hydrogens (tertiary/aromatic N) is 1. The third-order valence-electron chi connectivity index (χ3n) is 5.50. The summed E-state index contributed by atoms with van der Waals surface area (Å²) in [6.45, 7) is 7.10. The van der Waals surface area contributed by atoms with Crippen LogP contribution in [0.15, 0.2) is 23.1 Å². The lowest BCUT2D eigenvalue weighted by atomic mass is 9.78. The molecule has 2 aliphatic rings. The van der Waals surface area contributed by atoms with Crippen molar-refractivity contribution in [2.75, 3.05) is 17.2 Å². The van der Waals surface area contributed by atoms with Crippen LogP contribution in [0, 0.1) is 11.8 Å². The maximum atomic E-state index is 12.7. The number of carbonyl (C=O) groups excluding carboxylic acids is 2. The fourth-order valence-corrected chi connectivity index (χ4v) is 4.64. The molecule has 1 heterocycles. The van der Waals surface area contributed by atoms with Crippen molar-refractivity contribution in [3.8, 4) is 0 Å². The minimum absolute atomic E-state index is 0.0252. The Morgan fingerprint density at radius 3 is 2.88 bits per heavy atom. The molecule has 24 heavy (non-hydrogen) atoms. The number of thioether (sulfide) groups is 1. The Kier molecular flexibility index (Phi) is 5.18. The van der Waals surface area contributed by atoms with E-state index in [1.165, 1.54) is 12.8 Å². The zero-order valence-electron chi connectivity index (χ0n) is 14.7. The van der Waals surface area contributed by atoms with Gasteiger partial charge >= 0.3 is 0 Å². The number of carbonyl (C=O) groups is 2. The summed E-state index contributed by atoms with van der Waals surface area (Å²) in [5, 5.41) is 3.22. The van der Waals surface area contributed by atoms with Gasteiger partial charge in [0.1, 0.15) is 0 Å². The van der Waals surface area contributed by atoms with Crippen molar-refractivity contribution in [1.82, 2.24) is 5.32 Å². The van der Waals surface area contributed by atoms with E-state index in [0.29, 0.717) is 29.7 Å². The number of hydrogen-bond acceptors (Lipinski definition) is 3. The average molecular weight is 346 g/mol. The van der Waals surface area contributed by atoms with Gasteiger partial charge in [-0.05, 0) is 43.4 Å². The van der Waals surface area contributed by atoms with Crippen LogP contribution in [-0.4, -0.2) is 30.2 Å². The number of anilines is 1. The highest BCUT2D eigenvalue weighted by Gasteiger charge is 2.29. The molecule has 0 spiro atoms. The van der Waals surface area contributed by atoms with Crippen molar-refractivity contribution in [1.29, 1.82) is 0 Å². The Morgan fingerprint density at radius 2 is 2.12 bits per heavy atom. The normalized spacial score (nSPS) is 26.9. The van der Waals surface area contributed by atoms with Gasteiger partial charge in [0.2, 0.25) is 5.91 Å². The van der Waals surface area contributed by atoms with Gasteiger partial charge in [0.25, 0.3) is 5.91 Å². The second kappa shape index (κ2) is 7.18. The van der Waals surface area contributed by atoms with E-state index < -0.39 is 0 Å². The smallest absolute Gasteiger partial charge is 0.251 e. The molecular weight excluding hydrogens is 320 g/mol. The van der Waals surface area contributed by atoms with Gasteiger partial charge in [0.05, 0.1) is 11.4 Å². The van der Waals surface area contributed by atoms with E-state index in [-0.39, 0.29) is 17.9 Å². The minimum Gasteiger partial charge on any atom is -0.349 e. The number of rotatable bonds is 3. The molecule has 1 saturated carbocycles. The van der Waals surface area contributed by atoms with Crippen molar-refractivity contribution >= 4 is 29.3 Å². The fourth-order valence-electron chi connectivity index (χ4n) is 3.73. The highest BCUT2D eigenvalue weighted by molar-refractivity contribution is 8.00. The summed E-state index contributed by atoms with van der Waals surface area (Å²) in [7, 11) is 0. The van der Waals surface area contributed by atoms with Gasteiger partial charge in [-0.3, -0.25) is 9.59 Å². The number of nitrogens with one attached hydrogen (secondary N) is 1. The summed E-state index contributed by atoms with van der Waals surface area (Å²) in [5.41, 5.74) is 1.52. The predicted molar refractivity (Wildman–Crippen MR) is 98.6 cm³/mol. The molecule has 1 aromatic carbocycles. The topological polar surface area (TPSA) is 49.4 Å². The monoisotopic (exact) mass is 346 g/mol. The van der Waals surface area contributed by atoms with Crippen molar-refractivity contribution in [3.63, 3.8) is 0 Å². The minimum atomic E-state index is -0.0252. The van der Waals surface area contributed by atoms with Gasteiger partial charge in [-0.25, -0.2) is 0 Å². The number of amides is 2. The standard InChI is InChI=1S/C19H26N2O2S/c1-4-21-16-10-14(8-9-17(16)24-11-18(21)22)19(23)20-15-7-5-6-12(2)13(15)3/h8-10,12-13,15H,4-7,11H2,1-3H3,(H,20,23)/t12-,13-,15-/m1/s1. The Hall–Kier alpha value is -1.49. The second-order valence-electron chi connectivity index (χ2n) is 6.96. The summed E-state index contributed by atoms with van der Waals surface area (Å²) in [5.74, 6) is 1.72. The van der Waals surface area contributed by atoms with Crippen LogP contribution in [0.5, 0.6) is 0 Å². The Labute approximate surface area is 148 Å². The van der Waals surface area contributed by atoms with Crippen LogP contribution in [-0.2, 0) is 4.79 Å². The molecule has 5 heteroatoms. The first-order valence-corrected chi connectivity index (χ1v) is 9.88. The highest BCUT2D eigenvalue weighted by Crippen LogP contribution is 2.36. The molecule has 0 unspecified atom stereocenters. The highest BCUT2D eigenvalue weighted by atomic mass is 32.2. The van der Waals surface area contributed by atoms with E-state index in [0.717, 1.165) is 17.0 Å². The lowest BCUT2D eigenvalue weighted by molar-refractivity contribution is -0.116. The first-order chi connectivity index (χ1) is 11.5. The summed E-state index contributed by atoms with van der Waals surface area (Å²) in [6.07, 6.45) is 3.48. The van der Waals surface area contributed by atoms with Gasteiger partial charge in [-0.15, -0.1) is 11.8 Å². The van der Waals surface area contributed by atoms with Gasteiger partial charge in [0, 0.05) is 23.0 Å². The molecule has 1 fully saturated rings. The average Bonchev–Trinajstić information content (AvgIpc) is 2.58. The Morgan fingerprint density at radius 1 is 1.33 bits per heavy atom. The predicted octanol–water partition coefficient (Wildman–Crippen LogP) is 3.70. The molecule has 1 aliphatic carbocycles. The molecule has 130 valence electrons. The largest absolute Gasteiger partial charge is 0.349 e. The molecule has 1 aliphatic heterocycles. The summed E-state index contributed by atoms with van der Waals surface area (Å²) in [4.78, 5) is 27.6. The van der Waals surface area contributed by atoms with E-state index >= 15 is 0 Å². The van der Waals surface area contributed by atoms with E-state index in [1.54, 1.807) is 16.7 Å². The number of fused-ring (bicyclic) bond motifs is 1. The molecule has 0 saturated heterocycles. The third kappa shape index (κ3) is 3.32. The van der Waals surface area contributed by atoms with Gasteiger partial charge < -0.3 is 10.2 Å². The van der Waals surface area contributed by atoms with Crippen LogP contribution in [0.1, 0.15) is 50.4 Å². The third-order valence-corrected chi connectivity index (χ3v) is 6.55. The Bertz CT molecular complexity index is 646. The molecule has 0 radical (unpaired) electrons. The molecule has 3 atom stereocenters. The van der Waals surface area contributed by atoms with Crippen molar-refractivity contribution in [2.45, 2.75) is 51.0 Å². The zero-order chi connectivity index (χ0) is 17.3. The maximum Gasteiger partial charge on any atom is 0.251 e. The van der Waals surface area contributed by atoms with Crippen molar-refractivity contribution in [2.24, 2.45) is 11.8 Å². The van der Waals surface area contributed by atoms with Crippen LogP contribution >= 0.6 is 11.8 Å². The molecule has 4 nitrogen and oxygen atoms in total. The van der Waals surface area contributed by atoms with Crippen LogP contribution in [0.25, 0.3) is 0 Å². The van der Waals surface area contributed by atoms with E-state index in [4.69, 9.17) is 0 Å². The summed E-state index contributed by atoms with van der Waals surface area (Å²) < 4.78 is 0. The van der Waals surface area contributed by atoms with Gasteiger partial charge in [-0.1, -0.05) is 26.7 Å². The van der Waals surface area contributed by atoms with Crippen LogP contribution in [0.4, 0.5) is 5.69 Å². The molecule has 0 aromatic heterocycles. The second-order valence-corrected chi connectivity index (χ2v) is 7.97. The number of benzene rings is 1. The zero-order valence-corrected chi connectivity index (χ0v) is 15.5. The lowest BCUT2D eigenvalue weighted by Gasteiger charge is -2.34. The van der Waals surface area contributed by atoms with E-state index in [1.807, 2.05) is 25.1 Å². The lowest BCUT2D eigenvalue weighted by Crippen LogP contribution is -2.43. The van der Waals surface area contributed by atoms with E-state index in [9.17, 15) is 9.59 Å². The van der Waals surface area contributed by atoms with E-state index in [2.05, 4.69) is 19.2 Å². The molecule has 3 rings (SSSR count). The molecule has 2 amide bonds. The Balaban J connectivity index is 1.78. The summed E-state index contributed by atoms with van der Waals surface area (Å²) >= 11 is 1.55. The van der Waals surface area contributed by atoms with Crippen LogP contribution in [0.2, 0.25) is 0 Å².